The number of hydrogen-bond donors (Lipinski definition) is 1. The molecule has 1 aliphatic rings. The van der Waals surface area contributed by atoms with Gasteiger partial charge in [0.25, 0.3) is 5.91 Å². The summed E-state index contributed by atoms with van der Waals surface area (Å²) in [6, 6.07) is 4.17. The molecule has 1 amide bonds. The van der Waals surface area contributed by atoms with Gasteiger partial charge in [-0.3, -0.25) is 9.69 Å². The van der Waals surface area contributed by atoms with E-state index in [2.05, 4.69) is 17.1 Å². The lowest BCUT2D eigenvalue weighted by Crippen LogP contribution is -2.42. The average Bonchev–Trinajstić information content (AvgIpc) is 2.78. The molecule has 2 heterocycles. The quantitative estimate of drug-likeness (QED) is 0.923. The zero-order valence-corrected chi connectivity index (χ0v) is 12.2. The lowest BCUT2D eigenvalue weighted by molar-refractivity contribution is 0.0942. The van der Waals surface area contributed by atoms with Gasteiger partial charge in [0.05, 0.1) is 9.21 Å². The Kier molecular flexibility index (Phi) is 5.03. The summed E-state index contributed by atoms with van der Waals surface area (Å²) in [7, 11) is 0. The van der Waals surface area contributed by atoms with Gasteiger partial charge in [-0.1, -0.05) is 18.0 Å². The minimum Gasteiger partial charge on any atom is -0.350 e. The molecule has 1 atom stereocenters. The minimum absolute atomic E-state index is 0.0171. The van der Waals surface area contributed by atoms with Gasteiger partial charge < -0.3 is 5.32 Å². The highest BCUT2D eigenvalue weighted by Gasteiger charge is 2.17. The summed E-state index contributed by atoms with van der Waals surface area (Å²) in [6.45, 7) is 5.06. The van der Waals surface area contributed by atoms with E-state index in [4.69, 9.17) is 11.6 Å². The molecule has 0 radical (unpaired) electrons. The molecule has 1 N–H and O–H groups in total. The highest BCUT2D eigenvalue weighted by molar-refractivity contribution is 7.17. The fourth-order valence-corrected chi connectivity index (χ4v) is 3.29. The second kappa shape index (κ2) is 6.55. The third kappa shape index (κ3) is 3.70. The number of halogens is 1. The lowest BCUT2D eigenvalue weighted by Gasteiger charge is -2.33. The van der Waals surface area contributed by atoms with Crippen molar-refractivity contribution < 1.29 is 4.79 Å². The molecule has 0 spiro atoms. The first-order valence-electron chi connectivity index (χ1n) is 6.44. The molecule has 0 saturated carbocycles. The SMILES string of the molecule is CC1CCCCN1CCNC(=O)c1ccc(Cl)s1. The van der Waals surface area contributed by atoms with Gasteiger partial charge in [0.2, 0.25) is 0 Å². The van der Waals surface area contributed by atoms with Crippen LogP contribution in [0.5, 0.6) is 0 Å². The van der Waals surface area contributed by atoms with Crippen LogP contribution in [0.2, 0.25) is 4.34 Å². The summed E-state index contributed by atoms with van der Waals surface area (Å²) < 4.78 is 0.657. The van der Waals surface area contributed by atoms with E-state index in [0.29, 0.717) is 21.8 Å². The van der Waals surface area contributed by atoms with E-state index < -0.39 is 0 Å². The second-order valence-corrected chi connectivity index (χ2v) is 6.46. The summed E-state index contributed by atoms with van der Waals surface area (Å²) in [5.74, 6) is -0.0171. The number of piperidine rings is 1. The summed E-state index contributed by atoms with van der Waals surface area (Å²) in [4.78, 5) is 14.9. The van der Waals surface area contributed by atoms with Gasteiger partial charge in [0.15, 0.2) is 0 Å². The van der Waals surface area contributed by atoms with E-state index in [1.54, 1.807) is 12.1 Å². The van der Waals surface area contributed by atoms with Gasteiger partial charge in [0, 0.05) is 19.1 Å². The summed E-state index contributed by atoms with van der Waals surface area (Å²) in [6.07, 6.45) is 3.88. The number of carbonyl (C=O) groups is 1. The van der Waals surface area contributed by atoms with Crippen molar-refractivity contribution in [3.63, 3.8) is 0 Å². The Hall–Kier alpha value is -0.580. The van der Waals surface area contributed by atoms with Crippen molar-refractivity contribution >= 4 is 28.8 Å². The Morgan fingerprint density at radius 1 is 1.56 bits per heavy atom. The molecular formula is C13H19ClN2OS. The molecule has 1 aromatic heterocycles. The van der Waals surface area contributed by atoms with Gasteiger partial charge in [-0.15, -0.1) is 11.3 Å². The van der Waals surface area contributed by atoms with Crippen molar-refractivity contribution in [2.24, 2.45) is 0 Å². The first-order valence-corrected chi connectivity index (χ1v) is 7.64. The Morgan fingerprint density at radius 3 is 3.06 bits per heavy atom. The molecule has 18 heavy (non-hydrogen) atoms. The number of thiophene rings is 1. The molecule has 0 aromatic carbocycles. The van der Waals surface area contributed by atoms with Crippen LogP contribution in [0.15, 0.2) is 12.1 Å². The van der Waals surface area contributed by atoms with Crippen molar-refractivity contribution in [2.75, 3.05) is 19.6 Å². The highest BCUT2D eigenvalue weighted by Crippen LogP contribution is 2.21. The second-order valence-electron chi connectivity index (χ2n) is 4.74. The van der Waals surface area contributed by atoms with Crippen LogP contribution < -0.4 is 5.32 Å². The maximum atomic E-state index is 11.8. The Bertz CT molecular complexity index is 407. The number of nitrogens with one attached hydrogen (secondary N) is 1. The van der Waals surface area contributed by atoms with Gasteiger partial charge in [-0.25, -0.2) is 0 Å². The highest BCUT2D eigenvalue weighted by atomic mass is 35.5. The van der Waals surface area contributed by atoms with Crippen molar-refractivity contribution in [3.8, 4) is 0 Å². The maximum Gasteiger partial charge on any atom is 0.261 e. The van der Waals surface area contributed by atoms with Crippen molar-refractivity contribution in [1.82, 2.24) is 10.2 Å². The van der Waals surface area contributed by atoms with E-state index >= 15 is 0 Å². The van der Waals surface area contributed by atoms with Crippen LogP contribution in [0.4, 0.5) is 0 Å². The molecule has 1 unspecified atom stereocenters. The average molecular weight is 287 g/mol. The molecule has 5 heteroatoms. The van der Waals surface area contributed by atoms with E-state index in [9.17, 15) is 4.79 Å². The van der Waals surface area contributed by atoms with Crippen LogP contribution in [0.25, 0.3) is 0 Å². The van der Waals surface area contributed by atoms with Crippen molar-refractivity contribution in [3.05, 3.63) is 21.3 Å². The Morgan fingerprint density at radius 2 is 2.39 bits per heavy atom. The van der Waals surface area contributed by atoms with E-state index in [1.807, 2.05) is 0 Å². The minimum atomic E-state index is -0.0171. The fraction of sp³-hybridized carbons (Fsp3) is 0.615. The summed E-state index contributed by atoms with van der Waals surface area (Å²) in [5.41, 5.74) is 0. The van der Waals surface area contributed by atoms with Crippen LogP contribution in [0.3, 0.4) is 0 Å². The molecule has 1 aliphatic heterocycles. The number of amides is 1. The normalized spacial score (nSPS) is 20.9. The van der Waals surface area contributed by atoms with Crippen LogP contribution in [-0.2, 0) is 0 Å². The van der Waals surface area contributed by atoms with Crippen LogP contribution in [0.1, 0.15) is 35.9 Å². The largest absolute Gasteiger partial charge is 0.350 e. The van der Waals surface area contributed by atoms with Crippen LogP contribution in [-0.4, -0.2) is 36.5 Å². The monoisotopic (exact) mass is 286 g/mol. The smallest absolute Gasteiger partial charge is 0.261 e. The number of carbonyl (C=O) groups excluding carboxylic acids is 1. The third-order valence-electron chi connectivity index (χ3n) is 3.42. The zero-order valence-electron chi connectivity index (χ0n) is 10.6. The molecule has 0 bridgehead atoms. The third-order valence-corrected chi connectivity index (χ3v) is 4.65. The molecule has 0 aliphatic carbocycles. The predicted molar refractivity (Wildman–Crippen MR) is 76.5 cm³/mol. The molecule has 1 saturated heterocycles. The van der Waals surface area contributed by atoms with Crippen LogP contribution in [0, 0.1) is 0 Å². The van der Waals surface area contributed by atoms with Crippen LogP contribution >= 0.6 is 22.9 Å². The van der Waals surface area contributed by atoms with Gasteiger partial charge in [0.1, 0.15) is 0 Å². The number of nitrogens with zero attached hydrogens (tertiary/aromatic N) is 1. The molecular weight excluding hydrogens is 268 g/mol. The Labute approximate surface area is 117 Å². The summed E-state index contributed by atoms with van der Waals surface area (Å²) in [5, 5.41) is 2.95. The summed E-state index contributed by atoms with van der Waals surface area (Å²) >= 11 is 7.13. The van der Waals surface area contributed by atoms with E-state index in [1.165, 1.54) is 30.6 Å². The number of hydrogen-bond acceptors (Lipinski definition) is 3. The molecule has 1 fully saturated rings. The topological polar surface area (TPSA) is 32.3 Å². The standard InChI is InChI=1S/C13H19ClN2OS/c1-10-4-2-3-8-16(10)9-7-15-13(17)11-5-6-12(14)18-11/h5-6,10H,2-4,7-9H2,1H3,(H,15,17). The maximum absolute atomic E-state index is 11.8. The van der Waals surface area contributed by atoms with Crippen molar-refractivity contribution in [1.29, 1.82) is 0 Å². The van der Waals surface area contributed by atoms with Gasteiger partial charge in [-0.2, -0.15) is 0 Å². The van der Waals surface area contributed by atoms with E-state index in [0.717, 1.165) is 13.1 Å². The number of likely N-dealkylation sites (tertiary alicyclic amines) is 1. The fourth-order valence-electron chi connectivity index (χ4n) is 2.33. The van der Waals surface area contributed by atoms with Gasteiger partial charge in [-0.05, 0) is 38.4 Å². The lowest BCUT2D eigenvalue weighted by atomic mass is 10.0. The molecule has 2 rings (SSSR count). The first kappa shape index (κ1) is 13.8. The number of rotatable bonds is 4. The predicted octanol–water partition coefficient (Wildman–Crippen LogP) is 3.01. The molecule has 100 valence electrons. The van der Waals surface area contributed by atoms with Gasteiger partial charge >= 0.3 is 0 Å². The molecule has 1 aromatic rings. The Balaban J connectivity index is 1.73. The zero-order chi connectivity index (χ0) is 13.0. The first-order chi connectivity index (χ1) is 8.66. The van der Waals surface area contributed by atoms with Crippen molar-refractivity contribution in [2.45, 2.75) is 32.2 Å². The van der Waals surface area contributed by atoms with E-state index in [-0.39, 0.29) is 5.91 Å². The molecule has 3 nitrogen and oxygen atoms in total.